The molecule has 7 aliphatic rings. The van der Waals surface area contributed by atoms with E-state index < -0.39 is 137 Å². The number of aromatic nitrogens is 2. The first kappa shape index (κ1) is 73.4. The summed E-state index contributed by atoms with van der Waals surface area (Å²) in [5, 5.41) is 39.6. The molecule has 1 aromatic heterocycles. The monoisotopic (exact) mass is 1350 g/mol. The SMILES string of the molecule is CC1=C2N=C(C=C3N=C(C(C)=C4[N-][C@H]([C@H](CC(N)=O)[C@@]4(C)CCC(=O)NC[C@@H](C)OP(=O)([O-])O[C@H]4[C@@H](O)[C@@H](n5cnc6cc(C)c(C)cc65)O[C@@H]4CO)[C@]4(C)N=C1[C@@H](CCC(N)=O)[C@]4(C)CC(N)=O)[C@@H](CCC(N)=O)C3(C)C)C1(CCC(N)=O)NC(=O)CC21C.[C-]#N.[Co+3]. The van der Waals surface area contributed by atoms with E-state index >= 15 is 0 Å². The van der Waals surface area contributed by atoms with Crippen molar-refractivity contribution < 1.29 is 83.8 Å². The number of hydrogen-bond acceptors (Lipinski definition) is 19. The average molecular weight is 1350 g/mol. The molecule has 8 bridgehead atoms. The second kappa shape index (κ2) is 27.0. The Balaban J connectivity index is 0.00000404. The molecule has 8 heterocycles. The fraction of sp³-hybridized carbons (Fsp3) is 0.619. The van der Waals surface area contributed by atoms with Crippen LogP contribution < -0.4 is 44.2 Å². The van der Waals surface area contributed by atoms with Crippen LogP contribution in [0.15, 0.2) is 67.8 Å². The van der Waals surface area contributed by atoms with Crippen molar-refractivity contribution in [2.24, 2.45) is 83.1 Å². The zero-order valence-electron chi connectivity index (χ0n) is 54.3. The van der Waals surface area contributed by atoms with Crippen molar-refractivity contribution in [3.05, 3.63) is 75.8 Å². The molecule has 7 amide bonds. The molecule has 9 rings (SSSR count). The van der Waals surface area contributed by atoms with Gasteiger partial charge in [-0.05, 0) is 119 Å². The Morgan fingerprint density at radius 2 is 1.52 bits per heavy atom. The number of aliphatic imine (C=N–C) groups is 3. The number of allylic oxidation sites excluding steroid dienone is 4. The van der Waals surface area contributed by atoms with Crippen LogP contribution >= 0.6 is 7.82 Å². The topological polar surface area (TPSA) is 475 Å². The third kappa shape index (κ3) is 13.2. The number of phosphoric ester groups is 1. The zero-order valence-corrected chi connectivity index (χ0v) is 56.2. The van der Waals surface area contributed by atoms with Crippen LogP contribution in [0.1, 0.15) is 150 Å². The quantitative estimate of drug-likeness (QED) is 0.0538. The van der Waals surface area contributed by atoms with Gasteiger partial charge in [-0.25, -0.2) is 4.98 Å². The Morgan fingerprint density at radius 3 is 2.12 bits per heavy atom. The minimum absolute atomic E-state index is 0. The van der Waals surface area contributed by atoms with Crippen LogP contribution in [0.5, 0.6) is 0 Å². The van der Waals surface area contributed by atoms with E-state index in [2.05, 4.69) is 15.6 Å². The summed E-state index contributed by atoms with van der Waals surface area (Å²) in [6.45, 7) is 23.9. The van der Waals surface area contributed by atoms with Gasteiger partial charge in [-0.3, -0.25) is 53.1 Å². The fourth-order valence-corrected chi connectivity index (χ4v) is 16.9. The van der Waals surface area contributed by atoms with Crippen LogP contribution in [0.3, 0.4) is 0 Å². The largest absolute Gasteiger partial charge is 3.00 e. The molecule has 1 aromatic carbocycles. The van der Waals surface area contributed by atoms with Crippen LogP contribution in [0.2, 0.25) is 0 Å². The summed E-state index contributed by atoms with van der Waals surface area (Å²) in [7, 11) is -5.32. The van der Waals surface area contributed by atoms with Gasteiger partial charge in [0.25, 0.3) is 7.82 Å². The third-order valence-corrected chi connectivity index (χ3v) is 22.2. The second-order valence-electron chi connectivity index (χ2n) is 27.3. The molecule has 15 atom stereocenters. The summed E-state index contributed by atoms with van der Waals surface area (Å²) in [5.74, 6) is -6.34. The van der Waals surface area contributed by atoms with E-state index in [0.29, 0.717) is 56.4 Å². The standard InChI is InChI=1S/C62H88N13O14P.CN.Co/c1-29-20-37-38(21-30(29)2)75(28-69-37)56-51(84)52(39(27-76)87-56)89-90(85,86)88-31(3)26-68-47(82)17-18-58(8)36(22-45(66)80)55-61(11)59(9,24-46(67)81)35(13-15-43(64)78)50(74-61)33(5)54-60(10)25-48(83)73-62(60,19-16-44(65)79)41(71-54)23-40-57(6,7)34(12-14-42(63)77)49(70-40)32(4)53(58)72-55;1-2;/h20-21,23,28,31,34-36,39,51-52,55-56,76,84H,12-19,22,24-27H2,1-11H3,(H14,63,64,65,66,67,68,70,71,72,73,74,77,78,79,80,81,82,83,85,86);;/q;-1;+3/p-2/t31-,34-,35-,36+,39-,51-,52-,55-,56+,58-,59+,60?,61+,62?;;/m1../s1. The fourth-order valence-electron chi connectivity index (χ4n) is 15.8. The Labute approximate surface area is 550 Å². The summed E-state index contributed by atoms with van der Waals surface area (Å²) in [4.78, 5) is 129. The number of benzene rings is 1. The predicted molar refractivity (Wildman–Crippen MR) is 335 cm³/mol. The van der Waals surface area contributed by atoms with Gasteiger partial charge >= 0.3 is 16.8 Å². The van der Waals surface area contributed by atoms with Gasteiger partial charge in [-0.2, -0.15) is 5.70 Å². The van der Waals surface area contributed by atoms with Crippen molar-refractivity contribution >= 4 is 77.3 Å². The van der Waals surface area contributed by atoms with E-state index in [0.717, 1.165) is 11.1 Å². The number of amides is 7. The van der Waals surface area contributed by atoms with Crippen molar-refractivity contribution in [1.29, 1.82) is 5.26 Å². The molecule has 0 saturated carbocycles. The molecule has 0 spiro atoms. The number of aryl methyl sites for hydroxylation is 2. The molecule has 7 aliphatic heterocycles. The molecule has 0 radical (unpaired) electrons. The maximum absolute atomic E-state index is 14.4. The van der Waals surface area contributed by atoms with Crippen LogP contribution in [0.4, 0.5) is 0 Å². The number of carbonyl (C=O) groups is 7. The van der Waals surface area contributed by atoms with E-state index in [9.17, 15) is 53.2 Å². The van der Waals surface area contributed by atoms with Crippen molar-refractivity contribution in [3.63, 3.8) is 0 Å². The van der Waals surface area contributed by atoms with E-state index in [4.69, 9.17) is 74.6 Å². The minimum atomic E-state index is -5.32. The normalized spacial score (nSPS) is 32.4. The van der Waals surface area contributed by atoms with Gasteiger partial charge in [0.2, 0.25) is 41.4 Å². The zero-order chi connectivity index (χ0) is 68.3. The van der Waals surface area contributed by atoms with Crippen molar-refractivity contribution in [2.75, 3.05) is 13.2 Å². The summed E-state index contributed by atoms with van der Waals surface area (Å²) in [5.41, 5.74) is 29.5. The molecular formula is C63H86CoN14O14P. The molecule has 506 valence electrons. The van der Waals surface area contributed by atoms with E-state index in [1.54, 1.807) is 0 Å². The van der Waals surface area contributed by atoms with Gasteiger partial charge < -0.3 is 89.9 Å². The molecule has 14 N–H and O–H groups in total. The number of imidazole rings is 1. The molecule has 2 aromatic rings. The van der Waals surface area contributed by atoms with Gasteiger partial charge in [0.05, 0.1) is 52.6 Å². The Hall–Kier alpha value is -7.00. The number of carbonyl (C=O) groups excluding carboxylic acids is 7. The number of hydrogen-bond donors (Lipinski definition) is 9. The van der Waals surface area contributed by atoms with Crippen molar-refractivity contribution in [1.82, 2.24) is 20.2 Å². The number of fused-ring (bicyclic) bond motifs is 10. The molecule has 28 nitrogen and oxygen atoms in total. The number of primary amides is 5. The van der Waals surface area contributed by atoms with Crippen LogP contribution in [-0.2, 0) is 68.7 Å². The van der Waals surface area contributed by atoms with Gasteiger partial charge in [0.1, 0.15) is 18.3 Å². The second-order valence-corrected chi connectivity index (χ2v) is 28.6. The van der Waals surface area contributed by atoms with E-state index in [1.807, 2.05) is 87.4 Å². The Kier molecular flexibility index (Phi) is 21.3. The summed E-state index contributed by atoms with van der Waals surface area (Å²) in [6, 6.07) is 2.67. The number of aliphatic hydroxyl groups excluding tert-OH is 2. The Bertz CT molecular complexity index is 3670. The number of nitrogens with two attached hydrogens (primary N) is 5. The molecule has 93 heavy (non-hydrogen) atoms. The number of phosphoric acid groups is 1. The summed E-state index contributed by atoms with van der Waals surface area (Å²) < 4.78 is 31.9. The molecular weight excluding hydrogens is 1270 g/mol. The third-order valence-electron chi connectivity index (χ3n) is 21.1. The van der Waals surface area contributed by atoms with Crippen LogP contribution in [-0.4, -0.2) is 133 Å². The number of nitrogens with one attached hydrogen (secondary N) is 2. The predicted octanol–water partition coefficient (Wildman–Crippen LogP) is 3.18. The maximum Gasteiger partial charge on any atom is 3.00 e. The van der Waals surface area contributed by atoms with Crippen LogP contribution in [0.25, 0.3) is 16.4 Å². The molecule has 3 saturated heterocycles. The number of rotatable bonds is 24. The first-order chi connectivity index (χ1) is 42.9. The first-order valence-electron chi connectivity index (χ1n) is 30.8. The molecule has 3 unspecified atom stereocenters. The maximum atomic E-state index is 14.4. The van der Waals surface area contributed by atoms with E-state index in [1.165, 1.54) is 17.8 Å². The Morgan fingerprint density at radius 1 is 0.892 bits per heavy atom. The molecule has 0 aliphatic carbocycles. The van der Waals surface area contributed by atoms with Gasteiger partial charge in [0.15, 0.2) is 6.23 Å². The van der Waals surface area contributed by atoms with E-state index in [-0.39, 0.29) is 99.9 Å². The van der Waals surface area contributed by atoms with Gasteiger partial charge in [-0.1, -0.05) is 40.7 Å². The average Bonchev–Trinajstić information content (AvgIpc) is 1.53. The number of ether oxygens (including phenoxy) is 1. The molecule has 3 fully saturated rings. The van der Waals surface area contributed by atoms with Gasteiger partial charge in [0, 0.05) is 96.7 Å². The smallest absolute Gasteiger partial charge is 0.756 e. The van der Waals surface area contributed by atoms with Gasteiger partial charge in [-0.15, -0.1) is 0 Å². The molecule has 30 heteroatoms. The number of nitrogens with zero attached hydrogens (tertiary/aromatic N) is 7. The van der Waals surface area contributed by atoms with Crippen molar-refractivity contribution in [2.45, 2.75) is 195 Å². The summed E-state index contributed by atoms with van der Waals surface area (Å²) in [6.07, 6.45) is -4.68. The van der Waals surface area contributed by atoms with Crippen molar-refractivity contribution in [3.8, 4) is 0 Å². The minimum Gasteiger partial charge on any atom is -0.756 e. The van der Waals surface area contributed by atoms with Crippen LogP contribution in [0, 0.1) is 65.1 Å². The first-order valence-corrected chi connectivity index (χ1v) is 32.3. The number of aliphatic hydroxyl groups is 2. The summed E-state index contributed by atoms with van der Waals surface area (Å²) >= 11 is 0.